The highest BCUT2D eigenvalue weighted by Crippen LogP contribution is 2.24. The Morgan fingerprint density at radius 1 is 1.32 bits per heavy atom. The monoisotopic (exact) mass is 417 g/mol. The fourth-order valence-electron chi connectivity index (χ4n) is 2.51. The minimum Gasteiger partial charge on any atom is -0.483 e. The Morgan fingerprint density at radius 3 is 2.86 bits per heavy atom. The molecule has 0 saturated carbocycles. The number of halogens is 1. The molecule has 146 valence electrons. The van der Waals surface area contributed by atoms with Crippen molar-refractivity contribution >= 4 is 35.1 Å². The zero-order valence-electron chi connectivity index (χ0n) is 15.7. The Kier molecular flexibility index (Phi) is 6.53. The van der Waals surface area contributed by atoms with Crippen molar-refractivity contribution in [3.05, 3.63) is 59.0 Å². The number of benzene rings is 1. The molecule has 0 spiro atoms. The van der Waals surface area contributed by atoms with E-state index in [4.69, 9.17) is 16.3 Å². The van der Waals surface area contributed by atoms with Crippen molar-refractivity contribution in [3.63, 3.8) is 0 Å². The molecule has 2 aromatic heterocycles. The number of hydrogen-bond donors (Lipinski definition) is 1. The number of thioether (sulfide) groups is 1. The van der Waals surface area contributed by atoms with Crippen molar-refractivity contribution in [2.45, 2.75) is 25.1 Å². The van der Waals surface area contributed by atoms with Crippen molar-refractivity contribution in [2.24, 2.45) is 7.05 Å². The molecule has 0 bridgehead atoms. The van der Waals surface area contributed by atoms with Gasteiger partial charge in [0.05, 0.1) is 10.8 Å². The van der Waals surface area contributed by atoms with Crippen LogP contribution in [-0.4, -0.2) is 31.4 Å². The highest BCUT2D eigenvalue weighted by molar-refractivity contribution is 7.99. The first-order valence-electron chi connectivity index (χ1n) is 8.59. The molecule has 2 heterocycles. The van der Waals surface area contributed by atoms with Crippen LogP contribution in [0.25, 0.3) is 0 Å². The minimum absolute atomic E-state index is 0.184. The summed E-state index contributed by atoms with van der Waals surface area (Å²) in [7, 11) is 1.85. The van der Waals surface area contributed by atoms with E-state index in [0.717, 1.165) is 11.3 Å². The van der Waals surface area contributed by atoms with Crippen molar-refractivity contribution in [2.75, 3.05) is 11.1 Å². The topological polar surface area (TPSA) is 81.9 Å². The van der Waals surface area contributed by atoms with Crippen LogP contribution in [0.2, 0.25) is 5.02 Å². The number of nitrogens with zero attached hydrogens (tertiary/aromatic N) is 4. The highest BCUT2D eigenvalue weighted by Gasteiger charge is 2.18. The molecule has 7 nitrogen and oxygen atoms in total. The average molecular weight is 418 g/mol. The molecule has 1 unspecified atom stereocenters. The second kappa shape index (κ2) is 9.07. The molecular weight excluding hydrogens is 398 g/mol. The lowest BCUT2D eigenvalue weighted by atomic mass is 10.2. The first-order chi connectivity index (χ1) is 13.4. The molecule has 0 radical (unpaired) electrons. The van der Waals surface area contributed by atoms with E-state index >= 15 is 0 Å². The van der Waals surface area contributed by atoms with Crippen LogP contribution >= 0.6 is 23.4 Å². The molecule has 1 N–H and O–H groups in total. The van der Waals surface area contributed by atoms with Gasteiger partial charge in [0.15, 0.2) is 17.1 Å². The van der Waals surface area contributed by atoms with Crippen LogP contribution in [0.15, 0.2) is 47.8 Å². The van der Waals surface area contributed by atoms with Crippen molar-refractivity contribution in [1.29, 1.82) is 0 Å². The summed E-state index contributed by atoms with van der Waals surface area (Å²) in [5.74, 6) is 1.91. The molecular formula is C19H20ClN5O2S. The lowest BCUT2D eigenvalue weighted by Crippen LogP contribution is -2.15. The van der Waals surface area contributed by atoms with Crippen LogP contribution < -0.4 is 10.1 Å². The Bertz CT molecular complexity index is 961. The molecule has 0 aliphatic rings. The van der Waals surface area contributed by atoms with Crippen LogP contribution in [0, 0.1) is 6.92 Å². The summed E-state index contributed by atoms with van der Waals surface area (Å²) in [5, 5.41) is 12.2. The standard InChI is InChI=1S/C19H20ClN5O2S/c1-12-5-4-6-15(9-12)27-13(2)18-23-24-19(25(18)3)28-11-17(26)22-16-8-7-14(20)10-21-16/h4-10,13H,11H2,1-3H3,(H,21,22,26). The number of anilines is 1. The van der Waals surface area contributed by atoms with E-state index in [1.807, 2.05) is 49.7 Å². The summed E-state index contributed by atoms with van der Waals surface area (Å²) in [6.07, 6.45) is 1.20. The van der Waals surface area contributed by atoms with Crippen LogP contribution in [0.5, 0.6) is 5.75 Å². The maximum Gasteiger partial charge on any atom is 0.236 e. The molecule has 1 amide bonds. The van der Waals surface area contributed by atoms with E-state index in [-0.39, 0.29) is 17.8 Å². The third kappa shape index (κ3) is 5.24. The fourth-order valence-corrected chi connectivity index (χ4v) is 3.34. The number of aryl methyl sites for hydroxylation is 1. The van der Waals surface area contributed by atoms with E-state index in [9.17, 15) is 4.79 Å². The van der Waals surface area contributed by atoms with Gasteiger partial charge in [-0.25, -0.2) is 4.98 Å². The van der Waals surface area contributed by atoms with Gasteiger partial charge in [0.1, 0.15) is 11.6 Å². The molecule has 1 aromatic carbocycles. The summed E-state index contributed by atoms with van der Waals surface area (Å²) in [6.45, 7) is 3.93. The molecule has 1 atom stereocenters. The number of aromatic nitrogens is 4. The summed E-state index contributed by atoms with van der Waals surface area (Å²) in [5.41, 5.74) is 1.13. The molecule has 28 heavy (non-hydrogen) atoms. The second-order valence-corrected chi connectivity index (χ2v) is 7.55. The zero-order valence-corrected chi connectivity index (χ0v) is 17.3. The first-order valence-corrected chi connectivity index (χ1v) is 9.95. The third-order valence-electron chi connectivity index (χ3n) is 3.86. The normalized spacial score (nSPS) is 11.9. The van der Waals surface area contributed by atoms with E-state index in [1.165, 1.54) is 18.0 Å². The second-order valence-electron chi connectivity index (χ2n) is 6.17. The molecule has 0 aliphatic heterocycles. The summed E-state index contributed by atoms with van der Waals surface area (Å²) in [4.78, 5) is 16.1. The predicted octanol–water partition coefficient (Wildman–Crippen LogP) is 4.04. The highest BCUT2D eigenvalue weighted by atomic mass is 35.5. The maximum atomic E-state index is 12.1. The average Bonchev–Trinajstić information content (AvgIpc) is 3.02. The lowest BCUT2D eigenvalue weighted by Gasteiger charge is -2.14. The zero-order chi connectivity index (χ0) is 20.1. The molecule has 0 fully saturated rings. The number of carbonyl (C=O) groups is 1. The van der Waals surface area contributed by atoms with Crippen molar-refractivity contribution in [1.82, 2.24) is 19.7 Å². The molecule has 3 rings (SSSR count). The SMILES string of the molecule is Cc1cccc(OC(C)c2nnc(SCC(=O)Nc3ccc(Cl)cn3)n2C)c1. The molecule has 0 aliphatic carbocycles. The predicted molar refractivity (Wildman–Crippen MR) is 110 cm³/mol. The smallest absolute Gasteiger partial charge is 0.236 e. The number of rotatable bonds is 7. The van der Waals surface area contributed by atoms with E-state index < -0.39 is 0 Å². The van der Waals surface area contributed by atoms with Gasteiger partial charge in [0.2, 0.25) is 5.91 Å². The largest absolute Gasteiger partial charge is 0.483 e. The van der Waals surface area contributed by atoms with Gasteiger partial charge < -0.3 is 14.6 Å². The summed E-state index contributed by atoms with van der Waals surface area (Å²) in [6, 6.07) is 11.2. The van der Waals surface area contributed by atoms with Gasteiger partial charge in [-0.15, -0.1) is 10.2 Å². The number of pyridine rings is 1. The van der Waals surface area contributed by atoms with Gasteiger partial charge in [-0.2, -0.15) is 0 Å². The Labute approximate surface area is 172 Å². The van der Waals surface area contributed by atoms with Gasteiger partial charge in [-0.1, -0.05) is 35.5 Å². The van der Waals surface area contributed by atoms with Crippen LogP contribution in [0.3, 0.4) is 0 Å². The van der Waals surface area contributed by atoms with Gasteiger partial charge in [0, 0.05) is 13.2 Å². The van der Waals surface area contributed by atoms with E-state index in [2.05, 4.69) is 20.5 Å². The molecule has 9 heteroatoms. The number of amides is 1. The van der Waals surface area contributed by atoms with Gasteiger partial charge in [-0.05, 0) is 43.7 Å². The molecule has 3 aromatic rings. The van der Waals surface area contributed by atoms with E-state index in [0.29, 0.717) is 21.8 Å². The van der Waals surface area contributed by atoms with Gasteiger partial charge >= 0.3 is 0 Å². The number of ether oxygens (including phenoxy) is 1. The van der Waals surface area contributed by atoms with Gasteiger partial charge in [0.25, 0.3) is 0 Å². The van der Waals surface area contributed by atoms with Crippen LogP contribution in [0.4, 0.5) is 5.82 Å². The van der Waals surface area contributed by atoms with Crippen LogP contribution in [0.1, 0.15) is 24.4 Å². The Hall–Kier alpha value is -2.58. The lowest BCUT2D eigenvalue weighted by molar-refractivity contribution is -0.113. The summed E-state index contributed by atoms with van der Waals surface area (Å²) < 4.78 is 7.79. The quantitative estimate of drug-likeness (QED) is 0.584. The number of carbonyl (C=O) groups excluding carboxylic acids is 1. The Morgan fingerprint density at radius 2 is 2.14 bits per heavy atom. The summed E-state index contributed by atoms with van der Waals surface area (Å²) >= 11 is 7.08. The fraction of sp³-hybridized carbons (Fsp3) is 0.263. The number of hydrogen-bond acceptors (Lipinski definition) is 6. The Balaban J connectivity index is 1.57. The van der Waals surface area contributed by atoms with Crippen molar-refractivity contribution in [3.8, 4) is 5.75 Å². The first kappa shape index (κ1) is 20.2. The van der Waals surface area contributed by atoms with Crippen LogP contribution in [-0.2, 0) is 11.8 Å². The third-order valence-corrected chi connectivity index (χ3v) is 5.11. The van der Waals surface area contributed by atoms with Gasteiger partial charge in [-0.3, -0.25) is 4.79 Å². The van der Waals surface area contributed by atoms with Crippen molar-refractivity contribution < 1.29 is 9.53 Å². The van der Waals surface area contributed by atoms with E-state index in [1.54, 1.807) is 12.1 Å². The maximum absolute atomic E-state index is 12.1. The minimum atomic E-state index is -0.277. The number of nitrogens with one attached hydrogen (secondary N) is 1. The molecule has 0 saturated heterocycles.